The highest BCUT2D eigenvalue weighted by atomic mass is 19.4. The van der Waals surface area contributed by atoms with Crippen molar-refractivity contribution in [1.29, 1.82) is 0 Å². The Kier molecular flexibility index (Phi) is 5.54. The van der Waals surface area contributed by atoms with Gasteiger partial charge in [-0.25, -0.2) is 0 Å². The third kappa shape index (κ3) is 4.13. The van der Waals surface area contributed by atoms with Crippen LogP contribution in [0.3, 0.4) is 0 Å². The summed E-state index contributed by atoms with van der Waals surface area (Å²) in [5.74, 6) is -0.923. The fourth-order valence-electron chi connectivity index (χ4n) is 3.55. The molecule has 1 atom stereocenters. The van der Waals surface area contributed by atoms with Crippen molar-refractivity contribution in [1.82, 2.24) is 0 Å². The maximum Gasteiger partial charge on any atom is 0.416 e. The van der Waals surface area contributed by atoms with Crippen LogP contribution in [0.2, 0.25) is 0 Å². The van der Waals surface area contributed by atoms with Crippen molar-refractivity contribution in [2.45, 2.75) is 44.7 Å². The lowest BCUT2D eigenvalue weighted by molar-refractivity contribution is -0.138. The molecule has 1 aliphatic rings. The molecule has 1 unspecified atom stereocenters. The summed E-state index contributed by atoms with van der Waals surface area (Å²) in [6.45, 7) is 4.84. The van der Waals surface area contributed by atoms with E-state index in [0.29, 0.717) is 17.0 Å². The summed E-state index contributed by atoms with van der Waals surface area (Å²) in [5, 5.41) is 8.89. The molecule has 160 valence electrons. The summed E-state index contributed by atoms with van der Waals surface area (Å²) in [6, 6.07) is 10.1. The number of nitrogens with zero attached hydrogens (tertiary/aromatic N) is 1. The van der Waals surface area contributed by atoms with Crippen LogP contribution in [0.5, 0.6) is 5.75 Å². The molecule has 0 aliphatic carbocycles. The first-order valence-electron chi connectivity index (χ1n) is 9.39. The van der Waals surface area contributed by atoms with Gasteiger partial charge in [-0.3, -0.25) is 14.5 Å². The van der Waals surface area contributed by atoms with E-state index in [0.717, 1.165) is 17.7 Å². The van der Waals surface area contributed by atoms with Crippen LogP contribution in [0, 0.1) is 0 Å². The Bertz CT molecular complexity index is 967. The molecule has 3 rings (SSSR count). The molecular formula is C22H22F3NO4. The summed E-state index contributed by atoms with van der Waals surface area (Å²) in [4.78, 5) is 25.0. The molecule has 0 aromatic heterocycles. The van der Waals surface area contributed by atoms with Gasteiger partial charge in [0.1, 0.15) is 5.75 Å². The molecule has 8 heteroatoms. The van der Waals surface area contributed by atoms with Gasteiger partial charge in [0.05, 0.1) is 23.1 Å². The van der Waals surface area contributed by atoms with Crippen molar-refractivity contribution in [2.75, 3.05) is 11.6 Å². The van der Waals surface area contributed by atoms with Gasteiger partial charge in [0.15, 0.2) is 6.73 Å². The normalized spacial score (nSPS) is 16.3. The number of carbonyl (C=O) groups excluding carboxylic acids is 1. The number of ether oxygens (including phenoxy) is 1. The van der Waals surface area contributed by atoms with Crippen molar-refractivity contribution >= 4 is 17.6 Å². The monoisotopic (exact) mass is 421 g/mol. The van der Waals surface area contributed by atoms with E-state index in [-0.39, 0.29) is 25.0 Å². The fraction of sp³-hybridized carbons (Fsp3) is 0.364. The molecule has 0 spiro atoms. The van der Waals surface area contributed by atoms with E-state index in [2.05, 4.69) is 0 Å². The van der Waals surface area contributed by atoms with Crippen molar-refractivity contribution in [3.8, 4) is 5.75 Å². The van der Waals surface area contributed by atoms with E-state index in [9.17, 15) is 22.8 Å². The molecule has 2 aromatic carbocycles. The van der Waals surface area contributed by atoms with Gasteiger partial charge in [0.2, 0.25) is 5.91 Å². The van der Waals surface area contributed by atoms with Gasteiger partial charge in [0, 0.05) is 0 Å². The van der Waals surface area contributed by atoms with E-state index >= 15 is 0 Å². The lowest BCUT2D eigenvalue weighted by Crippen LogP contribution is -2.38. The molecular weight excluding hydrogens is 399 g/mol. The van der Waals surface area contributed by atoms with Gasteiger partial charge in [-0.2, -0.15) is 13.2 Å². The Balaban J connectivity index is 1.77. The Morgan fingerprint density at radius 2 is 1.80 bits per heavy atom. The summed E-state index contributed by atoms with van der Waals surface area (Å²) in [5.41, 5.74) is -0.353. The van der Waals surface area contributed by atoms with Gasteiger partial charge in [-0.15, -0.1) is 0 Å². The van der Waals surface area contributed by atoms with Gasteiger partial charge < -0.3 is 9.84 Å². The van der Waals surface area contributed by atoms with Gasteiger partial charge in [0.25, 0.3) is 0 Å². The van der Waals surface area contributed by atoms with Crippen LogP contribution >= 0.6 is 0 Å². The van der Waals surface area contributed by atoms with Crippen molar-refractivity contribution in [2.24, 2.45) is 0 Å². The third-order valence-electron chi connectivity index (χ3n) is 5.36. The second kappa shape index (κ2) is 7.66. The minimum atomic E-state index is -4.49. The van der Waals surface area contributed by atoms with Crippen molar-refractivity contribution in [3.63, 3.8) is 0 Å². The Morgan fingerprint density at radius 1 is 1.17 bits per heavy atom. The second-order valence-electron chi connectivity index (χ2n) is 7.93. The second-order valence-corrected chi connectivity index (χ2v) is 7.93. The van der Waals surface area contributed by atoms with E-state index < -0.39 is 23.1 Å². The molecule has 0 radical (unpaired) electrons. The van der Waals surface area contributed by atoms with E-state index in [4.69, 9.17) is 9.84 Å². The number of rotatable bonds is 6. The zero-order chi connectivity index (χ0) is 22.3. The van der Waals surface area contributed by atoms with Crippen LogP contribution in [0.25, 0.3) is 0 Å². The van der Waals surface area contributed by atoms with E-state index in [1.54, 1.807) is 45.0 Å². The molecule has 30 heavy (non-hydrogen) atoms. The molecule has 2 aromatic rings. The quantitative estimate of drug-likeness (QED) is 0.717. The molecule has 1 aliphatic heterocycles. The molecule has 0 saturated carbocycles. The van der Waals surface area contributed by atoms with Crippen molar-refractivity contribution in [3.05, 3.63) is 59.2 Å². The Labute approximate surface area is 172 Å². The number of alkyl halides is 3. The fourth-order valence-corrected chi connectivity index (χ4v) is 3.55. The average molecular weight is 421 g/mol. The van der Waals surface area contributed by atoms with E-state index in [1.165, 1.54) is 11.0 Å². The lowest BCUT2D eigenvalue weighted by atomic mass is 9.85. The minimum Gasteiger partial charge on any atom is -0.481 e. The number of carboxylic acids is 1. The highest BCUT2D eigenvalue weighted by molar-refractivity contribution is 6.07. The van der Waals surface area contributed by atoms with Crippen LogP contribution in [-0.4, -0.2) is 23.7 Å². The zero-order valence-corrected chi connectivity index (χ0v) is 16.8. The highest BCUT2D eigenvalue weighted by Crippen LogP contribution is 2.44. The highest BCUT2D eigenvalue weighted by Gasteiger charge is 2.45. The van der Waals surface area contributed by atoms with Crippen LogP contribution in [0.1, 0.15) is 49.8 Å². The number of anilines is 1. The van der Waals surface area contributed by atoms with Crippen molar-refractivity contribution < 1.29 is 32.6 Å². The Morgan fingerprint density at radius 3 is 2.37 bits per heavy atom. The molecule has 5 nitrogen and oxygen atoms in total. The summed E-state index contributed by atoms with van der Waals surface area (Å²) >= 11 is 0. The summed E-state index contributed by atoms with van der Waals surface area (Å²) in [6.07, 6.45) is -4.48. The van der Waals surface area contributed by atoms with E-state index in [1.807, 2.05) is 0 Å². The summed E-state index contributed by atoms with van der Waals surface area (Å²) in [7, 11) is 0. The number of hydrogen-bond acceptors (Lipinski definition) is 3. The number of fused-ring (bicyclic) bond motifs is 1. The molecule has 1 amide bonds. The molecule has 0 saturated heterocycles. The predicted octanol–water partition coefficient (Wildman–Crippen LogP) is 4.94. The smallest absolute Gasteiger partial charge is 0.416 e. The molecule has 1 N–H and O–H groups in total. The van der Waals surface area contributed by atoms with Crippen LogP contribution in [0.15, 0.2) is 42.5 Å². The number of benzene rings is 2. The number of aliphatic carboxylic acids is 1. The average Bonchev–Trinajstić information content (AvgIpc) is 2.85. The number of carboxylic acid groups (broad SMARTS) is 1. The molecule has 0 bridgehead atoms. The maximum absolute atomic E-state index is 13.1. The lowest BCUT2D eigenvalue weighted by Gasteiger charge is -2.21. The predicted molar refractivity (Wildman–Crippen MR) is 105 cm³/mol. The first-order chi connectivity index (χ1) is 13.9. The van der Waals surface area contributed by atoms with Crippen LogP contribution < -0.4 is 9.64 Å². The Hall–Kier alpha value is -3.03. The van der Waals surface area contributed by atoms with Gasteiger partial charge >= 0.3 is 12.1 Å². The molecule has 0 fully saturated rings. The molecule has 1 heterocycles. The number of carbonyl (C=O) groups is 2. The number of halogens is 3. The van der Waals surface area contributed by atoms with Crippen LogP contribution in [-0.2, 0) is 21.2 Å². The minimum absolute atomic E-state index is 0.00820. The summed E-state index contributed by atoms with van der Waals surface area (Å²) < 4.78 is 44.9. The number of amides is 1. The number of hydrogen-bond donors (Lipinski definition) is 1. The standard InChI is InChI=1S/C22H22F3NO4/c1-13(10-19(27)28)14-4-7-16(8-5-14)30-12-26-18-9-6-15(22(23,24)25)11-17(18)21(2,3)20(26)29/h4-9,11,13H,10,12H2,1-3H3,(H,27,28). The third-order valence-corrected chi connectivity index (χ3v) is 5.36. The van der Waals surface area contributed by atoms with Gasteiger partial charge in [-0.1, -0.05) is 19.1 Å². The largest absolute Gasteiger partial charge is 0.481 e. The van der Waals surface area contributed by atoms with Gasteiger partial charge in [-0.05, 0) is 61.2 Å². The SMILES string of the molecule is CC(CC(=O)O)c1ccc(OCN2C(=O)C(C)(C)c3cc(C(F)(F)F)ccc32)cc1. The first-order valence-corrected chi connectivity index (χ1v) is 9.39. The topological polar surface area (TPSA) is 66.8 Å². The van der Waals surface area contributed by atoms with Crippen LogP contribution in [0.4, 0.5) is 18.9 Å². The maximum atomic E-state index is 13.1. The zero-order valence-electron chi connectivity index (χ0n) is 16.8. The first kappa shape index (κ1) is 21.7.